The van der Waals surface area contributed by atoms with Crippen LogP contribution in [0.5, 0.6) is 5.75 Å². The van der Waals surface area contributed by atoms with E-state index in [4.69, 9.17) is 21.4 Å². The number of benzene rings is 3. The van der Waals surface area contributed by atoms with Gasteiger partial charge in [-0.05, 0) is 87.8 Å². The first-order chi connectivity index (χ1) is 16.4. The minimum Gasteiger partial charge on any atom is -0.495 e. The van der Waals surface area contributed by atoms with E-state index in [-0.39, 0.29) is 16.8 Å². The van der Waals surface area contributed by atoms with E-state index in [1.54, 1.807) is 30.3 Å². The maximum atomic E-state index is 13.0. The van der Waals surface area contributed by atoms with Crippen molar-refractivity contribution in [1.82, 2.24) is 5.32 Å². The van der Waals surface area contributed by atoms with Gasteiger partial charge in [0, 0.05) is 11.4 Å². The van der Waals surface area contributed by atoms with Gasteiger partial charge in [0.2, 0.25) is 0 Å². The van der Waals surface area contributed by atoms with E-state index in [2.05, 4.69) is 31.9 Å². The number of nitrogens with one attached hydrogen (secondary N) is 3. The number of aryl methyl sites for hydroxylation is 1. The van der Waals surface area contributed by atoms with Gasteiger partial charge in [0.1, 0.15) is 5.75 Å². The number of carbonyl (C=O) groups excluding carboxylic acids is 2. The van der Waals surface area contributed by atoms with Gasteiger partial charge in [-0.15, -0.1) is 0 Å². The Kier molecular flexibility index (Phi) is 6.95. The third kappa shape index (κ3) is 4.95. The summed E-state index contributed by atoms with van der Waals surface area (Å²) in [6.07, 6.45) is 1.44. The van der Waals surface area contributed by atoms with Gasteiger partial charge < -0.3 is 19.8 Å². The molecule has 0 saturated carbocycles. The van der Waals surface area contributed by atoms with E-state index < -0.39 is 5.91 Å². The van der Waals surface area contributed by atoms with E-state index >= 15 is 0 Å². The molecule has 1 heterocycles. The smallest absolute Gasteiger partial charge is 0.291 e. The van der Waals surface area contributed by atoms with Gasteiger partial charge in [-0.25, -0.2) is 0 Å². The van der Waals surface area contributed by atoms with Crippen LogP contribution in [0.25, 0.3) is 10.8 Å². The number of thiocarbonyl (C=S) groups is 1. The fourth-order valence-corrected chi connectivity index (χ4v) is 4.41. The lowest BCUT2D eigenvalue weighted by Crippen LogP contribution is -2.34. The quantitative estimate of drug-likeness (QED) is 0.275. The largest absolute Gasteiger partial charge is 0.495 e. The average Bonchev–Trinajstić information content (AvgIpc) is 3.36. The van der Waals surface area contributed by atoms with Gasteiger partial charge in [0.15, 0.2) is 10.9 Å². The van der Waals surface area contributed by atoms with Crippen LogP contribution in [-0.4, -0.2) is 24.0 Å². The molecular weight excluding hydrogens is 518 g/mol. The molecule has 0 bridgehead atoms. The number of anilines is 2. The van der Waals surface area contributed by atoms with Crippen LogP contribution in [0, 0.1) is 6.92 Å². The lowest BCUT2D eigenvalue weighted by molar-refractivity contribution is 0.0972. The van der Waals surface area contributed by atoms with Crippen LogP contribution in [0.2, 0.25) is 0 Å². The van der Waals surface area contributed by atoms with Gasteiger partial charge in [-0.2, -0.15) is 0 Å². The van der Waals surface area contributed by atoms with E-state index in [0.29, 0.717) is 27.2 Å². The van der Waals surface area contributed by atoms with E-state index in [1.165, 1.54) is 13.4 Å². The molecule has 2 amide bonds. The minimum absolute atomic E-state index is 0.128. The predicted octanol–water partition coefficient (Wildman–Crippen LogP) is 5.89. The topological polar surface area (TPSA) is 92.6 Å². The summed E-state index contributed by atoms with van der Waals surface area (Å²) in [6.45, 7) is 1.85. The Balaban J connectivity index is 1.46. The highest BCUT2D eigenvalue weighted by atomic mass is 79.9. The standard InChI is InChI=1S/C25H20BrN3O4S/c1-14-12-16(9-10-19(14)28-24(31)20-8-5-11-33-20)27-25(34)29-23(30)18-13-15-6-3-4-7-17(15)21(26)22(18)32-2/h3-13H,1-2H3,(H,28,31)(H2,27,29,30,34). The highest BCUT2D eigenvalue weighted by Gasteiger charge is 2.19. The van der Waals surface area contributed by atoms with Crippen molar-refractivity contribution in [2.75, 3.05) is 17.7 Å². The van der Waals surface area contributed by atoms with Crippen LogP contribution in [0.1, 0.15) is 26.5 Å². The molecule has 0 aliphatic heterocycles. The zero-order chi connectivity index (χ0) is 24.2. The minimum atomic E-state index is -0.403. The molecule has 0 unspecified atom stereocenters. The van der Waals surface area contributed by atoms with Crippen LogP contribution >= 0.6 is 28.1 Å². The van der Waals surface area contributed by atoms with Crippen molar-refractivity contribution in [2.45, 2.75) is 6.92 Å². The predicted molar refractivity (Wildman–Crippen MR) is 140 cm³/mol. The van der Waals surface area contributed by atoms with E-state index in [1.807, 2.05) is 37.3 Å². The molecule has 3 N–H and O–H groups in total. The zero-order valence-corrected chi connectivity index (χ0v) is 20.7. The molecule has 7 nitrogen and oxygen atoms in total. The molecule has 0 radical (unpaired) electrons. The number of carbonyl (C=O) groups is 2. The molecule has 0 saturated heterocycles. The zero-order valence-electron chi connectivity index (χ0n) is 18.3. The number of hydrogen-bond acceptors (Lipinski definition) is 5. The molecule has 34 heavy (non-hydrogen) atoms. The fourth-order valence-electron chi connectivity index (χ4n) is 3.46. The molecule has 0 aliphatic rings. The molecule has 4 rings (SSSR count). The molecule has 172 valence electrons. The molecular formula is C25H20BrN3O4S. The average molecular weight is 538 g/mol. The van der Waals surface area contributed by atoms with Crippen molar-refractivity contribution in [2.24, 2.45) is 0 Å². The Morgan fingerprint density at radius 1 is 1.00 bits per heavy atom. The van der Waals surface area contributed by atoms with Crippen molar-refractivity contribution >= 4 is 67.2 Å². The number of furan rings is 1. The van der Waals surface area contributed by atoms with Gasteiger partial charge >= 0.3 is 0 Å². The van der Waals surface area contributed by atoms with Crippen molar-refractivity contribution in [3.8, 4) is 5.75 Å². The second kappa shape index (κ2) is 10.1. The molecule has 3 aromatic carbocycles. The molecule has 0 aliphatic carbocycles. The van der Waals surface area contributed by atoms with Crippen molar-refractivity contribution in [3.05, 3.63) is 88.3 Å². The first kappa shape index (κ1) is 23.5. The fraction of sp³-hybridized carbons (Fsp3) is 0.0800. The summed E-state index contributed by atoms with van der Waals surface area (Å²) in [5.41, 5.74) is 2.45. The normalized spacial score (nSPS) is 10.6. The van der Waals surface area contributed by atoms with Crippen LogP contribution < -0.4 is 20.7 Å². The number of amides is 2. The molecule has 1 aromatic heterocycles. The maximum Gasteiger partial charge on any atom is 0.291 e. The number of rotatable bonds is 5. The van der Waals surface area contributed by atoms with Crippen LogP contribution in [0.15, 0.2) is 75.8 Å². The third-order valence-corrected chi connectivity index (χ3v) is 6.09. The molecule has 0 fully saturated rings. The summed E-state index contributed by atoms with van der Waals surface area (Å²) >= 11 is 8.88. The lowest BCUT2D eigenvalue weighted by atomic mass is 10.1. The molecule has 0 atom stereocenters. The van der Waals surface area contributed by atoms with Gasteiger partial charge in [-0.3, -0.25) is 14.9 Å². The summed E-state index contributed by atoms with van der Waals surface area (Å²) < 4.78 is 11.3. The van der Waals surface area contributed by atoms with Crippen LogP contribution in [0.3, 0.4) is 0 Å². The Morgan fingerprint density at radius 2 is 1.79 bits per heavy atom. The Bertz CT molecular complexity index is 1400. The van der Waals surface area contributed by atoms with Crippen molar-refractivity contribution in [1.29, 1.82) is 0 Å². The summed E-state index contributed by atoms with van der Waals surface area (Å²) in [5, 5.41) is 10.4. The summed E-state index contributed by atoms with van der Waals surface area (Å²) in [5.74, 6) is -0.0975. The number of fused-ring (bicyclic) bond motifs is 1. The molecule has 0 spiro atoms. The third-order valence-electron chi connectivity index (χ3n) is 5.09. The second-order valence-corrected chi connectivity index (χ2v) is 8.56. The molecule has 9 heteroatoms. The highest BCUT2D eigenvalue weighted by Crippen LogP contribution is 2.36. The summed E-state index contributed by atoms with van der Waals surface area (Å²) in [7, 11) is 1.51. The number of ether oxygens (including phenoxy) is 1. The second-order valence-electron chi connectivity index (χ2n) is 7.36. The Labute approximate surface area is 209 Å². The van der Waals surface area contributed by atoms with Crippen molar-refractivity contribution in [3.63, 3.8) is 0 Å². The number of halogens is 1. The monoisotopic (exact) mass is 537 g/mol. The van der Waals surface area contributed by atoms with Gasteiger partial charge in [0.25, 0.3) is 11.8 Å². The number of methoxy groups -OCH3 is 1. The van der Waals surface area contributed by atoms with Crippen LogP contribution in [0.4, 0.5) is 11.4 Å². The Morgan fingerprint density at radius 3 is 2.50 bits per heavy atom. The van der Waals surface area contributed by atoms with Crippen LogP contribution in [-0.2, 0) is 0 Å². The first-order valence-electron chi connectivity index (χ1n) is 10.2. The van der Waals surface area contributed by atoms with Gasteiger partial charge in [-0.1, -0.05) is 24.3 Å². The summed E-state index contributed by atoms with van der Waals surface area (Å²) in [4.78, 5) is 25.2. The first-order valence-corrected chi connectivity index (χ1v) is 11.4. The maximum absolute atomic E-state index is 13.0. The molecule has 4 aromatic rings. The SMILES string of the molecule is COc1c(C(=O)NC(=S)Nc2ccc(NC(=O)c3ccco3)c(C)c2)cc2ccccc2c1Br. The highest BCUT2D eigenvalue weighted by molar-refractivity contribution is 9.10. The summed E-state index contributed by atoms with van der Waals surface area (Å²) in [6, 6.07) is 18.0. The van der Waals surface area contributed by atoms with E-state index in [9.17, 15) is 9.59 Å². The number of hydrogen-bond donors (Lipinski definition) is 3. The van der Waals surface area contributed by atoms with E-state index in [0.717, 1.165) is 16.3 Å². The van der Waals surface area contributed by atoms with Crippen molar-refractivity contribution < 1.29 is 18.7 Å². The Hall–Kier alpha value is -3.69. The van der Waals surface area contributed by atoms with Gasteiger partial charge in [0.05, 0.1) is 23.4 Å². The lowest BCUT2D eigenvalue weighted by Gasteiger charge is -2.15.